The first-order valence-electron chi connectivity index (χ1n) is 18.5. The van der Waals surface area contributed by atoms with Gasteiger partial charge in [0.25, 0.3) is 0 Å². The Morgan fingerprint density at radius 3 is 2.00 bits per heavy atom. The number of hydrogen-bond donors (Lipinski definition) is 1. The average molecular weight is 752 g/mol. The van der Waals surface area contributed by atoms with Crippen molar-refractivity contribution >= 4 is 25.7 Å². The molecule has 13 nitrogen and oxygen atoms in total. The molecule has 2 rings (SSSR count). The second-order valence-electron chi connectivity index (χ2n) is 13.8. The van der Waals surface area contributed by atoms with Crippen LogP contribution < -0.4 is 11.0 Å². The Morgan fingerprint density at radius 1 is 0.902 bits per heavy atom. The number of amides is 1. The van der Waals surface area contributed by atoms with Crippen LogP contribution in [0.15, 0.2) is 17.1 Å². The van der Waals surface area contributed by atoms with E-state index in [9.17, 15) is 18.9 Å². The fraction of sp³-hybridized carbons (Fsp3) is 0.829. The van der Waals surface area contributed by atoms with Gasteiger partial charge in [-0.25, -0.2) is 14.2 Å². The van der Waals surface area contributed by atoms with Gasteiger partial charge in [0.05, 0.1) is 19.8 Å². The van der Waals surface area contributed by atoms with Crippen molar-refractivity contribution in [1.82, 2.24) is 9.55 Å². The third-order valence-electron chi connectivity index (χ3n) is 7.95. The number of nitrogens with one attached hydrogen (secondary N) is 1. The fourth-order valence-corrected chi connectivity index (χ4v) is 6.51. The van der Waals surface area contributed by atoms with Crippen LogP contribution in [0.2, 0.25) is 0 Å². The van der Waals surface area contributed by atoms with Crippen LogP contribution in [-0.2, 0) is 37.1 Å². The molecular weight excluding hydrogens is 691 g/mol. The van der Waals surface area contributed by atoms with E-state index in [4.69, 9.17) is 27.8 Å². The van der Waals surface area contributed by atoms with Gasteiger partial charge >= 0.3 is 31.5 Å². The summed E-state index contributed by atoms with van der Waals surface area (Å²) >= 11 is 0. The van der Waals surface area contributed by atoms with Crippen molar-refractivity contribution in [2.24, 2.45) is 0 Å². The second kappa shape index (κ2) is 22.6. The van der Waals surface area contributed by atoms with Crippen molar-refractivity contribution in [3.8, 4) is 0 Å². The molecule has 0 aromatic carbocycles. The number of hydrogen-bond acceptors (Lipinski definition) is 11. The summed E-state index contributed by atoms with van der Waals surface area (Å²) in [7, 11) is -4.24. The highest BCUT2D eigenvalue weighted by Gasteiger charge is 2.63. The number of carbonyl (C=O) groups is 2. The van der Waals surface area contributed by atoms with Crippen LogP contribution in [0.3, 0.4) is 0 Å². The smallest absolute Gasteiger partial charge is 0.453 e. The molecule has 0 radical (unpaired) electrons. The Hall–Kier alpha value is -2.45. The van der Waals surface area contributed by atoms with Crippen molar-refractivity contribution in [1.29, 1.82) is 0 Å². The van der Waals surface area contributed by atoms with E-state index in [2.05, 4.69) is 31.1 Å². The summed E-state index contributed by atoms with van der Waals surface area (Å²) < 4.78 is 79.4. The Balaban J connectivity index is 2.28. The third kappa shape index (κ3) is 16.4. The lowest BCUT2D eigenvalue weighted by molar-refractivity contribution is -0.176. The number of phosphoric acid groups is 1. The normalized spacial score (nSPS) is 18.9. The Morgan fingerprint density at radius 2 is 1.45 bits per heavy atom. The monoisotopic (exact) mass is 751 g/mol. The third-order valence-corrected chi connectivity index (χ3v) is 9.41. The number of rotatable bonds is 25. The van der Waals surface area contributed by atoms with Gasteiger partial charge in [0.1, 0.15) is 17.5 Å². The molecule has 1 aliphatic heterocycles. The van der Waals surface area contributed by atoms with E-state index in [1.165, 1.54) is 0 Å². The largest absolute Gasteiger partial charge is 0.474 e. The highest BCUT2D eigenvalue weighted by molar-refractivity contribution is 7.48. The number of esters is 1. The molecule has 2 unspecified atom stereocenters. The number of nitrogens with zero attached hydrogens (tertiary/aromatic N) is 2. The summed E-state index contributed by atoms with van der Waals surface area (Å²) in [4.78, 5) is 41.7. The van der Waals surface area contributed by atoms with Gasteiger partial charge in [0, 0.05) is 12.6 Å². The maximum absolute atomic E-state index is 16.2. The van der Waals surface area contributed by atoms with Gasteiger partial charge in [0.15, 0.2) is 6.10 Å². The molecule has 1 saturated heterocycles. The molecule has 1 fully saturated rings. The molecule has 1 aromatic heterocycles. The van der Waals surface area contributed by atoms with E-state index in [0.717, 1.165) is 82.9 Å². The zero-order valence-corrected chi connectivity index (χ0v) is 32.2. The van der Waals surface area contributed by atoms with Crippen molar-refractivity contribution in [2.75, 3.05) is 25.1 Å². The maximum atomic E-state index is 16.2. The maximum Gasteiger partial charge on any atom is 0.474 e. The molecule has 3 atom stereocenters. The second-order valence-corrected chi connectivity index (χ2v) is 15.5. The minimum absolute atomic E-state index is 0.0674. The number of anilines is 1. The van der Waals surface area contributed by atoms with E-state index in [1.54, 1.807) is 20.8 Å². The molecule has 2 heterocycles. The predicted octanol–water partition coefficient (Wildman–Crippen LogP) is 9.10. The minimum Gasteiger partial charge on any atom is -0.453 e. The van der Waals surface area contributed by atoms with Crippen molar-refractivity contribution in [2.45, 2.75) is 168 Å². The lowest BCUT2D eigenvalue weighted by Gasteiger charge is -2.25. The molecule has 16 heteroatoms. The van der Waals surface area contributed by atoms with Gasteiger partial charge in [-0.15, -0.1) is 0 Å². The molecule has 0 bridgehead atoms. The Bertz CT molecular complexity index is 1280. The number of unbranched alkanes of at least 4 members (excludes halogenated alkanes) is 11. The Labute approximate surface area is 301 Å². The summed E-state index contributed by atoms with van der Waals surface area (Å²) in [6.07, 6.45) is 5.80. The quantitative estimate of drug-likeness (QED) is 0.0578. The summed E-state index contributed by atoms with van der Waals surface area (Å²) in [6, 6.07) is 1.13. The number of phosphoric ester groups is 1. The van der Waals surface area contributed by atoms with E-state index < -0.39 is 62.1 Å². The average Bonchev–Trinajstić information content (AvgIpc) is 3.29. The van der Waals surface area contributed by atoms with Gasteiger partial charge in [-0.05, 0) is 46.1 Å². The first-order valence-corrected chi connectivity index (χ1v) is 20.0. The number of ether oxygens (including phenoxy) is 3. The van der Waals surface area contributed by atoms with Gasteiger partial charge in [-0.3, -0.25) is 28.2 Å². The minimum atomic E-state index is -4.24. The molecular formula is C35H60F2N3O10P. The summed E-state index contributed by atoms with van der Waals surface area (Å²) in [5, 5.41) is 2.29. The standard InChI is InChI=1S/C35H60F2N3O10P/c1-7-10-13-16-17-18-21-29(41)49-30-27(26-47-51(44,45-24-19-14-11-8-2)46-25-20-15-12-9-3)48-31(35(30,36)37)40-23-22-28(38-32(40)42)39-33(43)50-34(4,5)6/h22-23,27,30-31H,7-21,24-26H2,1-6H3,(H,38,39,42,43)/t27?,30-,31?/m1/s1. The summed E-state index contributed by atoms with van der Waals surface area (Å²) in [6.45, 7) is 10.5. The zero-order chi connectivity index (χ0) is 37.9. The van der Waals surface area contributed by atoms with Crippen LogP contribution in [0.5, 0.6) is 0 Å². The molecule has 1 amide bonds. The van der Waals surface area contributed by atoms with Crippen molar-refractivity contribution in [3.05, 3.63) is 22.7 Å². The molecule has 0 spiro atoms. The number of aromatic nitrogens is 2. The molecule has 0 saturated carbocycles. The molecule has 51 heavy (non-hydrogen) atoms. The number of halogens is 2. The summed E-state index contributed by atoms with van der Waals surface area (Å²) in [5.41, 5.74) is -2.01. The van der Waals surface area contributed by atoms with Crippen LogP contribution >= 0.6 is 7.82 Å². The van der Waals surface area contributed by atoms with Crippen LogP contribution in [0.25, 0.3) is 0 Å². The van der Waals surface area contributed by atoms with Crippen LogP contribution in [0, 0.1) is 0 Å². The van der Waals surface area contributed by atoms with Crippen molar-refractivity contribution < 1.29 is 50.7 Å². The highest BCUT2D eigenvalue weighted by Crippen LogP contribution is 2.52. The SMILES string of the molecule is CCCCCCCCC(=O)O[C@@H]1C(COP(=O)(OCCCCCC)OCCCCCC)OC(n2ccc(NC(=O)OC(C)(C)C)nc2=O)C1(F)F. The van der Waals surface area contributed by atoms with Crippen LogP contribution in [-0.4, -0.2) is 65.2 Å². The Kier molecular flexibility index (Phi) is 19.8. The van der Waals surface area contributed by atoms with E-state index >= 15 is 8.78 Å². The molecule has 1 N–H and O–H groups in total. The van der Waals surface area contributed by atoms with Crippen LogP contribution in [0.1, 0.15) is 144 Å². The lowest BCUT2D eigenvalue weighted by atomic mass is 10.1. The van der Waals surface area contributed by atoms with Gasteiger partial charge < -0.3 is 14.2 Å². The first kappa shape index (κ1) is 44.7. The van der Waals surface area contributed by atoms with E-state index in [0.29, 0.717) is 23.8 Å². The van der Waals surface area contributed by atoms with E-state index in [-0.39, 0.29) is 25.5 Å². The van der Waals surface area contributed by atoms with Gasteiger partial charge in [-0.1, -0.05) is 91.4 Å². The van der Waals surface area contributed by atoms with Gasteiger partial charge in [0.2, 0.25) is 6.23 Å². The molecule has 294 valence electrons. The van der Waals surface area contributed by atoms with Crippen LogP contribution in [0.4, 0.5) is 19.4 Å². The molecule has 1 aliphatic rings. The van der Waals surface area contributed by atoms with Crippen molar-refractivity contribution in [3.63, 3.8) is 0 Å². The highest BCUT2D eigenvalue weighted by atomic mass is 31.2. The topological polar surface area (TPSA) is 154 Å². The predicted molar refractivity (Wildman–Crippen MR) is 189 cm³/mol. The first-order chi connectivity index (χ1) is 24.2. The number of alkyl halides is 2. The summed E-state index contributed by atoms with van der Waals surface area (Å²) in [5.74, 6) is -5.06. The number of carbonyl (C=O) groups excluding carboxylic acids is 2. The zero-order valence-electron chi connectivity index (χ0n) is 31.3. The fourth-order valence-electron chi connectivity index (χ4n) is 5.25. The van der Waals surface area contributed by atoms with Gasteiger partial charge in [-0.2, -0.15) is 13.8 Å². The van der Waals surface area contributed by atoms with E-state index in [1.807, 2.05) is 0 Å². The molecule has 0 aliphatic carbocycles. The lowest BCUT2D eigenvalue weighted by Crippen LogP contribution is -2.44. The molecule has 1 aromatic rings.